The summed E-state index contributed by atoms with van der Waals surface area (Å²) < 4.78 is 0. The molecule has 2 amide bonds. The Morgan fingerprint density at radius 2 is 1.69 bits per heavy atom. The summed E-state index contributed by atoms with van der Waals surface area (Å²) >= 11 is 0. The Balaban J connectivity index is 1.54. The van der Waals surface area contributed by atoms with Gasteiger partial charge in [0, 0.05) is 29.0 Å². The second kappa shape index (κ2) is 8.31. The van der Waals surface area contributed by atoms with Gasteiger partial charge in [-0.2, -0.15) is 0 Å². The minimum absolute atomic E-state index is 0.000217. The standard InChI is InChI=1S/C25H24N2O2/c1-2-18-10-13-22(14-11-18)26-24(28)21-12-15-23-20(17-21)9-6-16-27(23)25(29)19-7-4-3-5-8-19/h3-5,7-8,10-15,17H,2,6,9,16H2,1H3,(H,26,28). The molecule has 0 atom stereocenters. The van der Waals surface area contributed by atoms with E-state index < -0.39 is 0 Å². The van der Waals surface area contributed by atoms with E-state index in [1.807, 2.05) is 71.6 Å². The van der Waals surface area contributed by atoms with Crippen molar-refractivity contribution in [3.63, 3.8) is 0 Å². The maximum atomic E-state index is 12.9. The van der Waals surface area contributed by atoms with Crippen molar-refractivity contribution in [1.29, 1.82) is 0 Å². The van der Waals surface area contributed by atoms with Crippen LogP contribution in [0.15, 0.2) is 72.8 Å². The predicted molar refractivity (Wildman–Crippen MR) is 117 cm³/mol. The van der Waals surface area contributed by atoms with Crippen LogP contribution in [0, 0.1) is 0 Å². The van der Waals surface area contributed by atoms with Crippen molar-refractivity contribution >= 4 is 23.2 Å². The predicted octanol–water partition coefficient (Wildman–Crippen LogP) is 5.09. The SMILES string of the molecule is CCc1ccc(NC(=O)c2ccc3c(c2)CCCN3C(=O)c2ccccc2)cc1. The Morgan fingerprint density at radius 1 is 0.931 bits per heavy atom. The summed E-state index contributed by atoms with van der Waals surface area (Å²) in [5.41, 5.74) is 5.24. The van der Waals surface area contributed by atoms with Crippen molar-refractivity contribution in [3.8, 4) is 0 Å². The molecule has 1 aliphatic heterocycles. The molecular weight excluding hydrogens is 360 g/mol. The maximum absolute atomic E-state index is 12.9. The molecule has 1 aliphatic rings. The number of anilines is 2. The van der Waals surface area contributed by atoms with Gasteiger partial charge in [0.25, 0.3) is 11.8 Å². The first kappa shape index (κ1) is 18.9. The number of hydrogen-bond donors (Lipinski definition) is 1. The summed E-state index contributed by atoms with van der Waals surface area (Å²) in [6.45, 7) is 2.79. The number of carbonyl (C=O) groups excluding carboxylic acids is 2. The number of amides is 2. The zero-order valence-corrected chi connectivity index (χ0v) is 16.5. The molecule has 4 rings (SSSR count). The summed E-state index contributed by atoms with van der Waals surface area (Å²) in [4.78, 5) is 27.4. The van der Waals surface area contributed by atoms with Gasteiger partial charge in [-0.3, -0.25) is 9.59 Å². The third kappa shape index (κ3) is 4.06. The fourth-order valence-electron chi connectivity index (χ4n) is 3.71. The third-order valence-electron chi connectivity index (χ3n) is 5.35. The number of nitrogens with one attached hydrogen (secondary N) is 1. The van der Waals surface area contributed by atoms with Gasteiger partial charge in [0.15, 0.2) is 0 Å². The molecule has 0 unspecified atom stereocenters. The van der Waals surface area contributed by atoms with E-state index in [2.05, 4.69) is 12.2 Å². The summed E-state index contributed by atoms with van der Waals surface area (Å²) in [5.74, 6) is -0.136. The highest BCUT2D eigenvalue weighted by Crippen LogP contribution is 2.29. The molecule has 0 aliphatic carbocycles. The molecule has 1 N–H and O–H groups in total. The molecule has 0 saturated carbocycles. The number of benzene rings is 3. The van der Waals surface area contributed by atoms with Crippen LogP contribution in [0.2, 0.25) is 0 Å². The number of rotatable bonds is 4. The van der Waals surface area contributed by atoms with E-state index in [4.69, 9.17) is 0 Å². The zero-order chi connectivity index (χ0) is 20.2. The molecule has 0 spiro atoms. The van der Waals surface area contributed by atoms with E-state index in [0.29, 0.717) is 17.7 Å². The van der Waals surface area contributed by atoms with Gasteiger partial charge in [0.05, 0.1) is 0 Å². The van der Waals surface area contributed by atoms with E-state index in [0.717, 1.165) is 36.2 Å². The Labute approximate surface area is 171 Å². The van der Waals surface area contributed by atoms with E-state index in [1.54, 1.807) is 6.07 Å². The Morgan fingerprint density at radius 3 is 2.41 bits per heavy atom. The van der Waals surface area contributed by atoms with Gasteiger partial charge in [-0.1, -0.05) is 37.3 Å². The maximum Gasteiger partial charge on any atom is 0.258 e. The van der Waals surface area contributed by atoms with Crippen LogP contribution in [-0.4, -0.2) is 18.4 Å². The van der Waals surface area contributed by atoms with Crippen LogP contribution in [-0.2, 0) is 12.8 Å². The van der Waals surface area contributed by atoms with Gasteiger partial charge in [-0.05, 0) is 72.9 Å². The van der Waals surface area contributed by atoms with Crippen molar-refractivity contribution in [2.24, 2.45) is 0 Å². The Bertz CT molecular complexity index is 1030. The molecule has 0 saturated heterocycles. The van der Waals surface area contributed by atoms with Crippen LogP contribution in [0.25, 0.3) is 0 Å². The van der Waals surface area contributed by atoms with Gasteiger partial charge >= 0.3 is 0 Å². The second-order valence-corrected chi connectivity index (χ2v) is 7.27. The summed E-state index contributed by atoms with van der Waals surface area (Å²) in [5, 5.41) is 2.96. The van der Waals surface area contributed by atoms with Crippen LogP contribution in [0.4, 0.5) is 11.4 Å². The average molecular weight is 384 g/mol. The van der Waals surface area contributed by atoms with E-state index in [-0.39, 0.29) is 11.8 Å². The molecule has 3 aromatic rings. The van der Waals surface area contributed by atoms with Gasteiger partial charge < -0.3 is 10.2 Å². The van der Waals surface area contributed by atoms with Crippen molar-refractivity contribution in [2.45, 2.75) is 26.2 Å². The first-order valence-electron chi connectivity index (χ1n) is 10.1. The lowest BCUT2D eigenvalue weighted by Gasteiger charge is -2.30. The van der Waals surface area contributed by atoms with Crippen LogP contribution in [0.3, 0.4) is 0 Å². The highest BCUT2D eigenvalue weighted by molar-refractivity contribution is 6.08. The molecule has 3 aromatic carbocycles. The molecule has 0 fully saturated rings. The Hall–Kier alpha value is -3.40. The first-order valence-corrected chi connectivity index (χ1v) is 10.1. The fourth-order valence-corrected chi connectivity index (χ4v) is 3.71. The minimum atomic E-state index is -0.136. The monoisotopic (exact) mass is 384 g/mol. The topological polar surface area (TPSA) is 49.4 Å². The van der Waals surface area contributed by atoms with Crippen molar-refractivity contribution in [1.82, 2.24) is 0 Å². The summed E-state index contributed by atoms with van der Waals surface area (Å²) in [7, 11) is 0. The molecule has 4 nitrogen and oxygen atoms in total. The molecule has 29 heavy (non-hydrogen) atoms. The highest BCUT2D eigenvalue weighted by atomic mass is 16.2. The molecule has 0 radical (unpaired) electrons. The number of nitrogens with zero attached hydrogens (tertiary/aromatic N) is 1. The number of aryl methyl sites for hydroxylation is 2. The molecular formula is C25H24N2O2. The molecule has 4 heteroatoms. The van der Waals surface area contributed by atoms with Gasteiger partial charge in [0.1, 0.15) is 0 Å². The fraction of sp³-hybridized carbons (Fsp3) is 0.200. The molecule has 0 aromatic heterocycles. The average Bonchev–Trinajstić information content (AvgIpc) is 2.79. The lowest BCUT2D eigenvalue weighted by Crippen LogP contribution is -2.35. The van der Waals surface area contributed by atoms with E-state index in [1.165, 1.54) is 5.56 Å². The highest BCUT2D eigenvalue weighted by Gasteiger charge is 2.24. The molecule has 0 bridgehead atoms. The van der Waals surface area contributed by atoms with Crippen molar-refractivity contribution < 1.29 is 9.59 Å². The third-order valence-corrected chi connectivity index (χ3v) is 5.35. The lowest BCUT2D eigenvalue weighted by molar-refractivity contribution is 0.0984. The van der Waals surface area contributed by atoms with E-state index >= 15 is 0 Å². The quantitative estimate of drug-likeness (QED) is 0.681. The number of fused-ring (bicyclic) bond motifs is 1. The van der Waals surface area contributed by atoms with Gasteiger partial charge in [-0.25, -0.2) is 0 Å². The van der Waals surface area contributed by atoms with E-state index in [9.17, 15) is 9.59 Å². The lowest BCUT2D eigenvalue weighted by atomic mass is 9.98. The van der Waals surface area contributed by atoms with Gasteiger partial charge in [-0.15, -0.1) is 0 Å². The summed E-state index contributed by atoms with van der Waals surface area (Å²) in [6.07, 6.45) is 2.71. The second-order valence-electron chi connectivity index (χ2n) is 7.27. The smallest absolute Gasteiger partial charge is 0.258 e. The number of carbonyl (C=O) groups is 2. The Kier molecular flexibility index (Phi) is 5.43. The normalized spacial score (nSPS) is 12.9. The van der Waals surface area contributed by atoms with Crippen LogP contribution < -0.4 is 10.2 Å². The number of hydrogen-bond acceptors (Lipinski definition) is 2. The van der Waals surface area contributed by atoms with Crippen molar-refractivity contribution in [3.05, 3.63) is 95.1 Å². The van der Waals surface area contributed by atoms with Crippen LogP contribution in [0.5, 0.6) is 0 Å². The zero-order valence-electron chi connectivity index (χ0n) is 16.5. The van der Waals surface area contributed by atoms with Gasteiger partial charge in [0.2, 0.25) is 0 Å². The molecule has 1 heterocycles. The van der Waals surface area contributed by atoms with Crippen LogP contribution in [0.1, 0.15) is 45.2 Å². The first-order chi connectivity index (χ1) is 14.2. The minimum Gasteiger partial charge on any atom is -0.322 e. The van der Waals surface area contributed by atoms with Crippen LogP contribution >= 0.6 is 0 Å². The summed E-state index contributed by atoms with van der Waals surface area (Å²) in [6, 6.07) is 22.8. The largest absolute Gasteiger partial charge is 0.322 e. The van der Waals surface area contributed by atoms with Crippen molar-refractivity contribution in [2.75, 3.05) is 16.8 Å². The molecule has 146 valence electrons.